The minimum absolute atomic E-state index is 0.108. The van der Waals surface area contributed by atoms with E-state index in [-0.39, 0.29) is 13.0 Å². The molecule has 0 atom stereocenters. The van der Waals surface area contributed by atoms with E-state index in [1.165, 1.54) is 12.1 Å². The zero-order chi connectivity index (χ0) is 15.4. The van der Waals surface area contributed by atoms with Gasteiger partial charge in [-0.25, -0.2) is 4.39 Å². The van der Waals surface area contributed by atoms with E-state index < -0.39 is 11.8 Å². The lowest BCUT2D eigenvalue weighted by Gasteiger charge is -2.11. The number of anilines is 2. The van der Waals surface area contributed by atoms with Crippen LogP contribution in [0.3, 0.4) is 0 Å². The predicted octanol–water partition coefficient (Wildman–Crippen LogP) is 3.31. The molecule has 0 fully saturated rings. The van der Waals surface area contributed by atoms with Gasteiger partial charge < -0.3 is 16.2 Å². The third-order valence-electron chi connectivity index (χ3n) is 2.86. The average Bonchev–Trinajstić information content (AvgIpc) is 2.41. The number of halogens is 2. The van der Waals surface area contributed by atoms with Gasteiger partial charge in [-0.05, 0) is 41.5 Å². The van der Waals surface area contributed by atoms with Crippen molar-refractivity contribution >= 4 is 28.9 Å². The number of nitrogens with one attached hydrogen (secondary N) is 1. The second-order valence-corrected chi connectivity index (χ2v) is 4.97. The first-order valence-corrected chi connectivity index (χ1v) is 6.62. The monoisotopic (exact) mass is 308 g/mol. The highest BCUT2D eigenvalue weighted by Crippen LogP contribution is 2.27. The molecule has 0 aromatic heterocycles. The quantitative estimate of drug-likeness (QED) is 0.792. The van der Waals surface area contributed by atoms with E-state index in [9.17, 15) is 9.18 Å². The normalized spacial score (nSPS) is 10.4. The van der Waals surface area contributed by atoms with E-state index in [4.69, 9.17) is 22.4 Å². The maximum Gasteiger partial charge on any atom is 0.307 e. The maximum atomic E-state index is 13.5. The van der Waals surface area contributed by atoms with Gasteiger partial charge in [0.25, 0.3) is 0 Å². The third-order valence-corrected chi connectivity index (χ3v) is 3.19. The Hall–Kier alpha value is -2.11. The molecule has 2 aromatic carbocycles. The molecule has 4 nitrogen and oxygen atoms in total. The zero-order valence-corrected chi connectivity index (χ0v) is 11.8. The van der Waals surface area contributed by atoms with Crippen molar-refractivity contribution in [2.24, 2.45) is 5.73 Å². The van der Waals surface area contributed by atoms with Gasteiger partial charge in [0.15, 0.2) is 0 Å². The van der Waals surface area contributed by atoms with Gasteiger partial charge in [-0.15, -0.1) is 0 Å². The van der Waals surface area contributed by atoms with Crippen molar-refractivity contribution in [3.63, 3.8) is 0 Å². The smallest absolute Gasteiger partial charge is 0.307 e. The van der Waals surface area contributed by atoms with Crippen LogP contribution in [0.1, 0.15) is 11.1 Å². The van der Waals surface area contributed by atoms with E-state index in [1.54, 1.807) is 24.3 Å². The molecule has 0 radical (unpaired) electrons. The molecule has 21 heavy (non-hydrogen) atoms. The minimum Gasteiger partial charge on any atom is -0.481 e. The second-order valence-electron chi connectivity index (χ2n) is 4.56. The van der Waals surface area contributed by atoms with E-state index in [0.717, 1.165) is 0 Å². The van der Waals surface area contributed by atoms with Crippen LogP contribution in [0.15, 0.2) is 36.4 Å². The number of nitrogens with two attached hydrogens (primary N) is 1. The molecule has 0 bridgehead atoms. The van der Waals surface area contributed by atoms with Crippen molar-refractivity contribution in [1.82, 2.24) is 0 Å². The lowest BCUT2D eigenvalue weighted by molar-refractivity contribution is -0.136. The van der Waals surface area contributed by atoms with Gasteiger partial charge in [0.1, 0.15) is 5.82 Å². The highest BCUT2D eigenvalue weighted by Gasteiger charge is 2.07. The van der Waals surface area contributed by atoms with E-state index in [1.807, 2.05) is 0 Å². The number of aliphatic carboxylic acids is 1. The summed E-state index contributed by atoms with van der Waals surface area (Å²) in [6.45, 7) is 0.221. The first kappa shape index (κ1) is 15.3. The van der Waals surface area contributed by atoms with Crippen molar-refractivity contribution in [2.75, 3.05) is 5.32 Å². The lowest BCUT2D eigenvalue weighted by Crippen LogP contribution is -2.02. The molecule has 0 aliphatic heterocycles. The predicted molar refractivity (Wildman–Crippen MR) is 80.4 cm³/mol. The Morgan fingerprint density at radius 3 is 2.67 bits per heavy atom. The molecule has 0 amide bonds. The largest absolute Gasteiger partial charge is 0.481 e. The molecule has 2 rings (SSSR count). The molecule has 0 spiro atoms. The van der Waals surface area contributed by atoms with Crippen LogP contribution in [0.5, 0.6) is 0 Å². The molecule has 4 N–H and O–H groups in total. The van der Waals surface area contributed by atoms with Crippen LogP contribution in [0, 0.1) is 5.82 Å². The Morgan fingerprint density at radius 1 is 1.24 bits per heavy atom. The standard InChI is InChI=1S/C15H14ClFN2O2/c16-13-2-1-9(6-15(20)21)5-14(13)19-12-4-10(8-18)3-11(17)7-12/h1-5,7,19H,6,8,18H2,(H,20,21). The van der Waals surface area contributed by atoms with Crippen LogP contribution in [0.4, 0.5) is 15.8 Å². The van der Waals surface area contributed by atoms with E-state index in [0.29, 0.717) is 27.5 Å². The number of hydrogen-bond acceptors (Lipinski definition) is 3. The molecule has 0 saturated carbocycles. The van der Waals surface area contributed by atoms with Crippen LogP contribution in [0.25, 0.3) is 0 Å². The number of carboxylic acids is 1. The zero-order valence-electron chi connectivity index (χ0n) is 11.1. The number of carbonyl (C=O) groups is 1. The summed E-state index contributed by atoms with van der Waals surface area (Å²) in [5.41, 5.74) is 7.78. The Labute approximate surface area is 126 Å². The maximum absolute atomic E-state index is 13.5. The van der Waals surface area contributed by atoms with Crippen molar-refractivity contribution in [1.29, 1.82) is 0 Å². The van der Waals surface area contributed by atoms with Crippen LogP contribution >= 0.6 is 11.6 Å². The van der Waals surface area contributed by atoms with Crippen LogP contribution in [-0.2, 0) is 17.8 Å². The van der Waals surface area contributed by atoms with Crippen molar-refractivity contribution in [3.05, 3.63) is 58.4 Å². The summed E-state index contributed by atoms with van der Waals surface area (Å²) in [7, 11) is 0. The Morgan fingerprint density at radius 2 is 2.00 bits per heavy atom. The lowest BCUT2D eigenvalue weighted by atomic mass is 10.1. The van der Waals surface area contributed by atoms with Gasteiger partial charge in [0, 0.05) is 12.2 Å². The Bertz CT molecular complexity index is 677. The van der Waals surface area contributed by atoms with Crippen LogP contribution in [0.2, 0.25) is 5.02 Å². The topological polar surface area (TPSA) is 75.3 Å². The molecule has 0 unspecified atom stereocenters. The van der Waals surface area contributed by atoms with Crippen LogP contribution in [-0.4, -0.2) is 11.1 Å². The summed E-state index contributed by atoms with van der Waals surface area (Å²) in [5.74, 6) is -1.34. The third kappa shape index (κ3) is 4.18. The first-order chi connectivity index (χ1) is 9.97. The first-order valence-electron chi connectivity index (χ1n) is 6.24. The number of hydrogen-bond donors (Lipinski definition) is 3. The Kier molecular flexibility index (Phi) is 4.77. The summed E-state index contributed by atoms with van der Waals surface area (Å²) < 4.78 is 13.5. The number of benzene rings is 2. The molecule has 0 heterocycles. The van der Waals surface area contributed by atoms with Crippen molar-refractivity contribution in [3.8, 4) is 0 Å². The van der Waals surface area contributed by atoms with Gasteiger partial charge in [0.2, 0.25) is 0 Å². The van der Waals surface area contributed by atoms with Gasteiger partial charge >= 0.3 is 5.97 Å². The van der Waals surface area contributed by atoms with Gasteiger partial charge in [-0.1, -0.05) is 17.7 Å². The van der Waals surface area contributed by atoms with E-state index >= 15 is 0 Å². The molecule has 0 aliphatic rings. The molecule has 0 saturated heterocycles. The molecule has 0 aliphatic carbocycles. The fourth-order valence-electron chi connectivity index (χ4n) is 1.95. The highest BCUT2D eigenvalue weighted by molar-refractivity contribution is 6.33. The fraction of sp³-hybridized carbons (Fsp3) is 0.133. The summed E-state index contributed by atoms with van der Waals surface area (Å²) in [5, 5.41) is 12.2. The molecule has 2 aromatic rings. The van der Waals surface area contributed by atoms with Crippen LogP contribution < -0.4 is 11.1 Å². The molecular formula is C15H14ClFN2O2. The van der Waals surface area contributed by atoms with Crippen molar-refractivity contribution in [2.45, 2.75) is 13.0 Å². The highest BCUT2D eigenvalue weighted by atomic mass is 35.5. The summed E-state index contributed by atoms with van der Waals surface area (Å²) in [6.07, 6.45) is -0.108. The van der Waals surface area contributed by atoms with Gasteiger partial charge in [0.05, 0.1) is 17.1 Å². The average molecular weight is 309 g/mol. The Balaban J connectivity index is 2.30. The SMILES string of the molecule is NCc1cc(F)cc(Nc2cc(CC(=O)O)ccc2Cl)c1. The van der Waals surface area contributed by atoms with E-state index in [2.05, 4.69) is 5.32 Å². The molecular weight excluding hydrogens is 295 g/mol. The summed E-state index contributed by atoms with van der Waals surface area (Å²) >= 11 is 6.07. The molecule has 110 valence electrons. The minimum atomic E-state index is -0.931. The molecule has 6 heteroatoms. The number of carboxylic acid groups (broad SMARTS) is 1. The second kappa shape index (κ2) is 6.56. The van der Waals surface area contributed by atoms with Gasteiger partial charge in [-0.2, -0.15) is 0 Å². The number of rotatable bonds is 5. The summed E-state index contributed by atoms with van der Waals surface area (Å²) in [6, 6.07) is 9.25. The summed E-state index contributed by atoms with van der Waals surface area (Å²) in [4.78, 5) is 10.7. The van der Waals surface area contributed by atoms with Crippen molar-refractivity contribution < 1.29 is 14.3 Å². The fourth-order valence-corrected chi connectivity index (χ4v) is 2.11. The van der Waals surface area contributed by atoms with Gasteiger partial charge in [-0.3, -0.25) is 4.79 Å².